The van der Waals surface area contributed by atoms with Crippen LogP contribution < -0.4 is 16.0 Å². The third-order valence-electron chi connectivity index (χ3n) is 4.49. The van der Waals surface area contributed by atoms with Crippen LogP contribution in [0.4, 0.5) is 0 Å². The van der Waals surface area contributed by atoms with Crippen molar-refractivity contribution < 1.29 is 9.53 Å². The van der Waals surface area contributed by atoms with Gasteiger partial charge in [0, 0.05) is 38.6 Å². The minimum atomic E-state index is 0.0412. The van der Waals surface area contributed by atoms with Gasteiger partial charge in [0.2, 0.25) is 5.91 Å². The number of rotatable bonds is 9. The number of nitrogens with one attached hydrogen (secondary N) is 3. The Bertz CT molecular complexity index is 629. The highest BCUT2D eigenvalue weighted by Gasteiger charge is 2.22. The van der Waals surface area contributed by atoms with Crippen LogP contribution in [0.15, 0.2) is 4.99 Å². The molecule has 1 aliphatic heterocycles. The summed E-state index contributed by atoms with van der Waals surface area (Å²) in [5.41, 5.74) is 0. The van der Waals surface area contributed by atoms with E-state index in [1.165, 1.54) is 0 Å². The predicted molar refractivity (Wildman–Crippen MR) is 104 cm³/mol. The largest absolute Gasteiger partial charge is 0.377 e. The molecule has 9 heteroatoms. The molecule has 0 bridgehead atoms. The summed E-state index contributed by atoms with van der Waals surface area (Å²) in [6.07, 6.45) is 3.14. The zero-order chi connectivity index (χ0) is 19.6. The Morgan fingerprint density at radius 3 is 2.96 bits per heavy atom. The summed E-state index contributed by atoms with van der Waals surface area (Å²) in [6.45, 7) is 8.48. The van der Waals surface area contributed by atoms with Crippen molar-refractivity contribution in [1.29, 1.82) is 0 Å². The molecule has 0 radical (unpaired) electrons. The summed E-state index contributed by atoms with van der Waals surface area (Å²) in [5.74, 6) is 2.50. The molecule has 2 atom stereocenters. The van der Waals surface area contributed by atoms with Crippen LogP contribution in [0, 0.1) is 0 Å². The molecule has 0 saturated carbocycles. The Balaban J connectivity index is 1.86. The number of aromatic nitrogens is 3. The highest BCUT2D eigenvalue weighted by Crippen LogP contribution is 2.13. The zero-order valence-electron chi connectivity index (χ0n) is 16.9. The molecular formula is C18H33N7O2. The molecule has 3 N–H and O–H groups in total. The number of carbonyl (C=O) groups excluding carboxylic acids is 1. The molecule has 2 heterocycles. The number of aryl methyl sites for hydroxylation is 1. The van der Waals surface area contributed by atoms with Crippen LogP contribution in [0.25, 0.3) is 0 Å². The van der Waals surface area contributed by atoms with E-state index in [2.05, 4.69) is 37.9 Å². The number of hydrogen-bond donors (Lipinski definition) is 3. The summed E-state index contributed by atoms with van der Waals surface area (Å²) >= 11 is 0. The van der Waals surface area contributed by atoms with Crippen LogP contribution in [0.5, 0.6) is 0 Å². The van der Waals surface area contributed by atoms with Crippen LogP contribution in [0.2, 0.25) is 0 Å². The molecule has 1 aliphatic rings. The number of nitrogens with zero attached hydrogens (tertiary/aromatic N) is 4. The fourth-order valence-electron chi connectivity index (χ4n) is 2.90. The Morgan fingerprint density at radius 2 is 2.26 bits per heavy atom. The fraction of sp³-hybridized carbons (Fsp3) is 0.778. The quantitative estimate of drug-likeness (QED) is 0.429. The summed E-state index contributed by atoms with van der Waals surface area (Å²) in [6, 6.07) is 0.427. The van der Waals surface area contributed by atoms with Gasteiger partial charge >= 0.3 is 0 Å². The lowest BCUT2D eigenvalue weighted by Crippen LogP contribution is -2.47. The Labute approximate surface area is 161 Å². The second-order valence-electron chi connectivity index (χ2n) is 6.83. The van der Waals surface area contributed by atoms with Crippen molar-refractivity contribution in [3.05, 3.63) is 11.6 Å². The molecule has 0 spiro atoms. The van der Waals surface area contributed by atoms with Gasteiger partial charge in [0.05, 0.1) is 13.1 Å². The monoisotopic (exact) mass is 379 g/mol. The molecule has 0 fully saturated rings. The predicted octanol–water partition coefficient (Wildman–Crippen LogP) is 0.599. The fourth-order valence-corrected chi connectivity index (χ4v) is 2.90. The molecule has 0 aromatic carbocycles. The molecule has 1 amide bonds. The lowest BCUT2D eigenvalue weighted by Gasteiger charge is -2.25. The molecular weight excluding hydrogens is 346 g/mol. The second-order valence-corrected chi connectivity index (χ2v) is 6.83. The molecule has 152 valence electrons. The molecule has 1 aromatic rings. The summed E-state index contributed by atoms with van der Waals surface area (Å²) in [7, 11) is 1.65. The first-order chi connectivity index (χ1) is 13.0. The van der Waals surface area contributed by atoms with Gasteiger partial charge in [0.15, 0.2) is 11.8 Å². The van der Waals surface area contributed by atoms with E-state index < -0.39 is 0 Å². The van der Waals surface area contributed by atoms with Gasteiger partial charge in [0.25, 0.3) is 0 Å². The molecule has 2 unspecified atom stereocenters. The van der Waals surface area contributed by atoms with Crippen molar-refractivity contribution >= 4 is 11.9 Å². The summed E-state index contributed by atoms with van der Waals surface area (Å²) in [5, 5.41) is 14.2. The van der Waals surface area contributed by atoms with E-state index in [0.29, 0.717) is 19.6 Å². The second kappa shape index (κ2) is 10.9. The van der Waals surface area contributed by atoms with Crippen molar-refractivity contribution in [2.24, 2.45) is 4.99 Å². The first-order valence-electron chi connectivity index (χ1n) is 9.81. The van der Waals surface area contributed by atoms with Crippen LogP contribution in [-0.2, 0) is 29.1 Å². The van der Waals surface area contributed by atoms with Crippen molar-refractivity contribution in [3.8, 4) is 0 Å². The lowest BCUT2D eigenvalue weighted by molar-refractivity contribution is -0.121. The Kier molecular flexibility index (Phi) is 8.50. The van der Waals surface area contributed by atoms with Crippen molar-refractivity contribution in [3.63, 3.8) is 0 Å². The number of ether oxygens (including phenoxy) is 1. The van der Waals surface area contributed by atoms with Gasteiger partial charge in [-0.2, -0.15) is 5.10 Å². The maximum Gasteiger partial charge on any atom is 0.222 e. The van der Waals surface area contributed by atoms with E-state index in [0.717, 1.165) is 50.0 Å². The zero-order valence-corrected chi connectivity index (χ0v) is 16.9. The number of guanidine groups is 1. The number of carbonyl (C=O) groups is 1. The minimum Gasteiger partial charge on any atom is -0.377 e. The number of hydrogen-bond acceptors (Lipinski definition) is 5. The number of amides is 1. The first-order valence-corrected chi connectivity index (χ1v) is 9.81. The van der Waals surface area contributed by atoms with E-state index in [4.69, 9.17) is 4.74 Å². The molecule has 27 heavy (non-hydrogen) atoms. The molecule has 0 saturated heterocycles. The number of methoxy groups -OCH3 is 1. The third-order valence-corrected chi connectivity index (χ3v) is 4.49. The van der Waals surface area contributed by atoms with Crippen molar-refractivity contribution in [2.75, 3.05) is 20.2 Å². The van der Waals surface area contributed by atoms with E-state index in [1.54, 1.807) is 7.11 Å². The standard InChI is InChI=1S/C18H33N7O2/c1-5-13(3)21-17(26)9-10-20-18(19-6-2)22-14-7-8-16-23-15(12-27-4)24-25(16)11-14/h13-14H,5-12H2,1-4H3,(H,21,26)(H2,19,20,22). The van der Waals surface area contributed by atoms with E-state index in [9.17, 15) is 4.79 Å². The Morgan fingerprint density at radius 1 is 1.44 bits per heavy atom. The Hall–Kier alpha value is -2.16. The number of aliphatic imine (C=N–C) groups is 1. The summed E-state index contributed by atoms with van der Waals surface area (Å²) in [4.78, 5) is 20.9. The van der Waals surface area contributed by atoms with Crippen molar-refractivity contribution in [2.45, 2.75) is 71.7 Å². The SMILES string of the molecule is CCNC(=NCCC(=O)NC(C)CC)NC1CCc2nc(COC)nn2C1. The highest BCUT2D eigenvalue weighted by molar-refractivity contribution is 5.81. The van der Waals surface area contributed by atoms with Crippen LogP contribution in [0.3, 0.4) is 0 Å². The topological polar surface area (TPSA) is 105 Å². The van der Waals surface area contributed by atoms with Gasteiger partial charge in [-0.15, -0.1) is 0 Å². The average Bonchev–Trinajstić information content (AvgIpc) is 3.03. The maximum atomic E-state index is 11.9. The van der Waals surface area contributed by atoms with Crippen LogP contribution >= 0.6 is 0 Å². The lowest BCUT2D eigenvalue weighted by atomic mass is 10.1. The molecule has 9 nitrogen and oxygen atoms in total. The smallest absolute Gasteiger partial charge is 0.222 e. The molecule has 0 aliphatic carbocycles. The molecule has 1 aromatic heterocycles. The van der Waals surface area contributed by atoms with Gasteiger partial charge in [-0.3, -0.25) is 9.79 Å². The van der Waals surface area contributed by atoms with Gasteiger partial charge in [-0.25, -0.2) is 9.67 Å². The van der Waals surface area contributed by atoms with E-state index in [1.807, 2.05) is 18.5 Å². The van der Waals surface area contributed by atoms with E-state index >= 15 is 0 Å². The van der Waals surface area contributed by atoms with E-state index in [-0.39, 0.29) is 18.0 Å². The molecule has 2 rings (SSSR count). The first kappa shape index (κ1) is 21.1. The van der Waals surface area contributed by atoms with Gasteiger partial charge in [0.1, 0.15) is 12.4 Å². The van der Waals surface area contributed by atoms with Gasteiger partial charge < -0.3 is 20.7 Å². The van der Waals surface area contributed by atoms with Crippen LogP contribution in [-0.4, -0.2) is 58.9 Å². The third kappa shape index (κ3) is 6.82. The summed E-state index contributed by atoms with van der Waals surface area (Å²) < 4.78 is 7.05. The average molecular weight is 380 g/mol. The van der Waals surface area contributed by atoms with Gasteiger partial charge in [-0.05, 0) is 26.7 Å². The van der Waals surface area contributed by atoms with Crippen molar-refractivity contribution in [1.82, 2.24) is 30.7 Å². The maximum absolute atomic E-state index is 11.9. The minimum absolute atomic E-state index is 0.0412. The highest BCUT2D eigenvalue weighted by atomic mass is 16.5. The normalized spacial score (nSPS) is 17.9. The van der Waals surface area contributed by atoms with Gasteiger partial charge in [-0.1, -0.05) is 6.92 Å². The number of fused-ring (bicyclic) bond motifs is 1. The van der Waals surface area contributed by atoms with Crippen LogP contribution in [0.1, 0.15) is 51.7 Å².